The molecule has 0 heterocycles. The Bertz CT molecular complexity index is 1400. The summed E-state index contributed by atoms with van der Waals surface area (Å²) in [5.74, 6) is -0.314. The SMILES string of the molecule is CC(C)c1cc(C#CC2CCCC2)c(O)c2c1C[C@]1(C)C[C@]3(C)[C@@H](C(C)C)C(O)[C@@H](C(N)=O)C(=O)[C@]3(O)C(O)[C@H]1C2=O. The molecule has 2 unspecified atom stereocenters. The highest BCUT2D eigenvalue weighted by Crippen LogP contribution is 2.66. The van der Waals surface area contributed by atoms with Crippen LogP contribution in [0, 0.1) is 52.3 Å². The molecule has 42 heavy (non-hydrogen) atoms. The number of ketones is 2. The minimum atomic E-state index is -2.52. The Hall–Kier alpha value is -2.73. The van der Waals surface area contributed by atoms with E-state index in [1.807, 2.05) is 40.7 Å². The van der Waals surface area contributed by atoms with Gasteiger partial charge in [0.2, 0.25) is 5.91 Å². The van der Waals surface area contributed by atoms with Gasteiger partial charge in [-0.25, -0.2) is 0 Å². The second-order valence-electron chi connectivity index (χ2n) is 14.6. The number of phenols is 1. The van der Waals surface area contributed by atoms with Gasteiger partial charge in [0.25, 0.3) is 0 Å². The maximum atomic E-state index is 14.5. The predicted octanol–water partition coefficient (Wildman–Crippen LogP) is 3.24. The summed E-state index contributed by atoms with van der Waals surface area (Å²) in [5, 5.41) is 47.1. The molecule has 3 fully saturated rings. The number of primary amides is 1. The third-order valence-corrected chi connectivity index (χ3v) is 11.2. The van der Waals surface area contributed by atoms with E-state index in [1.165, 1.54) is 0 Å². The number of phenolic OH excluding ortho intramolecular Hbond substituents is 1. The zero-order chi connectivity index (χ0) is 31.1. The lowest BCUT2D eigenvalue weighted by Gasteiger charge is -2.66. The first-order valence-corrected chi connectivity index (χ1v) is 15.4. The van der Waals surface area contributed by atoms with Gasteiger partial charge in [0, 0.05) is 11.3 Å². The molecule has 4 aliphatic rings. The summed E-state index contributed by atoms with van der Waals surface area (Å²) in [4.78, 5) is 40.8. The normalized spacial score (nSPS) is 38.1. The maximum absolute atomic E-state index is 14.5. The van der Waals surface area contributed by atoms with Gasteiger partial charge in [-0.1, -0.05) is 66.2 Å². The number of rotatable bonds is 3. The minimum absolute atomic E-state index is 0.0122. The number of hydrogen-bond acceptors (Lipinski definition) is 7. The van der Waals surface area contributed by atoms with E-state index in [1.54, 1.807) is 6.92 Å². The van der Waals surface area contributed by atoms with E-state index >= 15 is 0 Å². The third kappa shape index (κ3) is 4.11. The van der Waals surface area contributed by atoms with Crippen molar-refractivity contribution in [3.05, 3.63) is 28.3 Å². The van der Waals surface area contributed by atoms with Gasteiger partial charge in [-0.05, 0) is 66.0 Å². The molecule has 0 aliphatic heterocycles. The van der Waals surface area contributed by atoms with Gasteiger partial charge in [-0.15, -0.1) is 0 Å². The Morgan fingerprint density at radius 1 is 1.10 bits per heavy atom. The Morgan fingerprint density at radius 3 is 2.26 bits per heavy atom. The Balaban J connectivity index is 1.70. The molecular weight excluding hydrogens is 534 g/mol. The van der Waals surface area contributed by atoms with E-state index in [4.69, 9.17) is 5.73 Å². The number of aliphatic hydroxyl groups is 3. The first kappa shape index (κ1) is 30.7. The van der Waals surface area contributed by atoms with E-state index in [9.17, 15) is 34.8 Å². The molecule has 0 radical (unpaired) electrons. The number of amides is 1. The van der Waals surface area contributed by atoms with Crippen molar-refractivity contribution in [2.75, 3.05) is 0 Å². The minimum Gasteiger partial charge on any atom is -0.506 e. The standard InChI is InChI=1S/C34H45NO7/c1-16(2)20-13-19(12-11-18-9-7-8-10-18)26(36)22-21(20)14-32(5)15-33(6)24(17(3)4)28(38)23(31(35)41)29(39)34(33,42)30(40)25(32)27(22)37/h13,16-18,23-25,28,30,36,38,40,42H,7-10,14-15H2,1-6H3,(H2,35,41)/t23-,24+,25-,28?,30?,32-,33-,34+/m1/s1. The molecule has 0 saturated heterocycles. The molecule has 6 N–H and O–H groups in total. The van der Waals surface area contributed by atoms with Crippen LogP contribution in [0.4, 0.5) is 0 Å². The molecule has 8 nitrogen and oxygen atoms in total. The molecule has 3 saturated carbocycles. The van der Waals surface area contributed by atoms with Crippen LogP contribution >= 0.6 is 0 Å². The molecule has 228 valence electrons. The van der Waals surface area contributed by atoms with Gasteiger partial charge >= 0.3 is 0 Å². The topological polar surface area (TPSA) is 158 Å². The van der Waals surface area contributed by atoms with Crippen LogP contribution in [0.3, 0.4) is 0 Å². The summed E-state index contributed by atoms with van der Waals surface area (Å²) in [6, 6.07) is 1.87. The fourth-order valence-corrected chi connectivity index (χ4v) is 9.49. The van der Waals surface area contributed by atoms with Crippen molar-refractivity contribution in [1.82, 2.24) is 0 Å². The van der Waals surface area contributed by atoms with Crippen LogP contribution in [0.5, 0.6) is 5.75 Å². The van der Waals surface area contributed by atoms with Crippen molar-refractivity contribution in [3.63, 3.8) is 0 Å². The monoisotopic (exact) mass is 579 g/mol. The van der Waals surface area contributed by atoms with Gasteiger partial charge < -0.3 is 26.2 Å². The summed E-state index contributed by atoms with van der Waals surface area (Å²) in [6.07, 6.45) is 1.35. The van der Waals surface area contributed by atoms with E-state index < -0.39 is 63.9 Å². The Kier molecular flexibility index (Phi) is 7.44. The number of fused-ring (bicyclic) bond motifs is 3. The van der Waals surface area contributed by atoms with Gasteiger partial charge in [0.1, 0.15) is 17.8 Å². The van der Waals surface area contributed by atoms with Crippen molar-refractivity contribution >= 4 is 17.5 Å². The number of Topliss-reactive ketones (excluding diaryl/α,β-unsaturated/α-hetero) is 2. The highest BCUT2D eigenvalue weighted by atomic mass is 16.4. The molecule has 8 heteroatoms. The lowest BCUT2D eigenvalue weighted by Crippen LogP contribution is -2.79. The molecule has 0 bridgehead atoms. The van der Waals surface area contributed by atoms with Crippen LogP contribution in [0.1, 0.15) is 107 Å². The number of carbonyl (C=O) groups excluding carboxylic acids is 3. The summed E-state index contributed by atoms with van der Waals surface area (Å²) in [7, 11) is 0. The van der Waals surface area contributed by atoms with E-state index in [0.717, 1.165) is 31.2 Å². The van der Waals surface area contributed by atoms with Crippen LogP contribution in [0.2, 0.25) is 0 Å². The summed E-state index contributed by atoms with van der Waals surface area (Å²) in [6.45, 7) is 11.2. The van der Waals surface area contributed by atoms with Crippen LogP contribution in [-0.2, 0) is 16.0 Å². The lowest BCUT2D eigenvalue weighted by molar-refractivity contribution is -0.265. The average molecular weight is 580 g/mol. The van der Waals surface area contributed by atoms with Crippen molar-refractivity contribution in [2.45, 2.75) is 104 Å². The van der Waals surface area contributed by atoms with Crippen LogP contribution in [0.15, 0.2) is 6.07 Å². The molecule has 1 aromatic carbocycles. The van der Waals surface area contributed by atoms with E-state index in [2.05, 4.69) is 11.8 Å². The molecule has 4 aliphatic carbocycles. The summed E-state index contributed by atoms with van der Waals surface area (Å²) in [5.41, 5.74) is 2.76. The van der Waals surface area contributed by atoms with Gasteiger partial charge in [-0.2, -0.15) is 0 Å². The van der Waals surface area contributed by atoms with Gasteiger partial charge in [0.15, 0.2) is 17.2 Å². The predicted molar refractivity (Wildman–Crippen MR) is 156 cm³/mol. The van der Waals surface area contributed by atoms with Crippen molar-refractivity contribution in [1.29, 1.82) is 0 Å². The first-order valence-electron chi connectivity index (χ1n) is 15.4. The summed E-state index contributed by atoms with van der Waals surface area (Å²) < 4.78 is 0. The third-order valence-electron chi connectivity index (χ3n) is 11.2. The molecule has 5 rings (SSSR count). The second kappa shape index (κ2) is 10.2. The average Bonchev–Trinajstić information content (AvgIpc) is 3.39. The Morgan fingerprint density at radius 2 is 1.71 bits per heavy atom. The molecule has 1 aromatic rings. The molecule has 0 spiro atoms. The van der Waals surface area contributed by atoms with E-state index in [0.29, 0.717) is 17.5 Å². The highest BCUT2D eigenvalue weighted by molar-refractivity contribution is 6.09. The summed E-state index contributed by atoms with van der Waals surface area (Å²) >= 11 is 0. The van der Waals surface area contributed by atoms with E-state index in [-0.39, 0.29) is 35.5 Å². The number of hydrogen-bond donors (Lipinski definition) is 5. The van der Waals surface area contributed by atoms with Crippen molar-refractivity contribution < 1.29 is 34.8 Å². The van der Waals surface area contributed by atoms with Crippen LogP contribution in [-0.4, -0.2) is 55.7 Å². The second-order valence-corrected chi connectivity index (χ2v) is 14.6. The Labute approximate surface area is 248 Å². The maximum Gasteiger partial charge on any atom is 0.230 e. The zero-order valence-corrected chi connectivity index (χ0v) is 25.5. The zero-order valence-electron chi connectivity index (χ0n) is 25.5. The molecule has 8 atom stereocenters. The number of benzene rings is 1. The van der Waals surface area contributed by atoms with Gasteiger partial charge in [-0.3, -0.25) is 14.4 Å². The van der Waals surface area contributed by atoms with Crippen LogP contribution in [0.25, 0.3) is 0 Å². The number of aromatic hydroxyl groups is 1. The number of carbonyl (C=O) groups is 3. The smallest absolute Gasteiger partial charge is 0.230 e. The number of aliphatic hydroxyl groups excluding tert-OH is 2. The molecular formula is C34H45NO7. The van der Waals surface area contributed by atoms with Gasteiger partial charge in [0.05, 0.1) is 23.1 Å². The fourth-order valence-electron chi connectivity index (χ4n) is 9.49. The van der Waals surface area contributed by atoms with Crippen molar-refractivity contribution in [3.8, 4) is 17.6 Å². The number of nitrogens with two attached hydrogens (primary N) is 1. The molecule has 1 amide bonds. The largest absolute Gasteiger partial charge is 0.506 e. The molecule has 0 aromatic heterocycles. The highest BCUT2D eigenvalue weighted by Gasteiger charge is 2.76. The van der Waals surface area contributed by atoms with Crippen LogP contribution < -0.4 is 5.73 Å². The lowest BCUT2D eigenvalue weighted by atomic mass is 9.39. The fraction of sp³-hybridized carbons (Fsp3) is 0.676. The van der Waals surface area contributed by atoms with Crippen molar-refractivity contribution in [2.24, 2.45) is 46.2 Å². The quantitative estimate of drug-likeness (QED) is 0.272. The first-order chi connectivity index (χ1) is 19.5.